The first-order valence-electron chi connectivity index (χ1n) is 7.79. The molecule has 3 aromatic carbocycles. The van der Waals surface area contributed by atoms with Crippen LogP contribution in [0.4, 0.5) is 11.5 Å². The van der Waals surface area contributed by atoms with Crippen LogP contribution in [0.2, 0.25) is 0 Å². The minimum Gasteiger partial charge on any atom is -0.300 e. The summed E-state index contributed by atoms with van der Waals surface area (Å²) in [4.78, 5) is 9.52. The molecular weight excluding hydrogens is 296 g/mol. The molecule has 0 unspecified atom stereocenters. The third-order valence-electron chi connectivity index (χ3n) is 3.72. The van der Waals surface area contributed by atoms with Crippen molar-refractivity contribution in [2.75, 3.05) is 10.9 Å². The first kappa shape index (κ1) is 14.2. The van der Waals surface area contributed by atoms with E-state index in [2.05, 4.69) is 10.9 Å². The molecule has 0 saturated heterocycles. The minimum absolute atomic E-state index is 0.698. The molecule has 0 bridgehead atoms. The van der Waals surface area contributed by atoms with Crippen molar-refractivity contribution in [2.24, 2.45) is 0 Å². The maximum atomic E-state index is 4.79. The molecule has 4 aromatic rings. The zero-order valence-electron chi connectivity index (χ0n) is 13.0. The van der Waals surface area contributed by atoms with Gasteiger partial charge in [0.25, 0.3) is 0 Å². The van der Waals surface area contributed by atoms with Crippen molar-refractivity contribution in [3.8, 4) is 11.3 Å². The molecular formula is C20H16N4. The van der Waals surface area contributed by atoms with Gasteiger partial charge < -0.3 is 0 Å². The van der Waals surface area contributed by atoms with Gasteiger partial charge in [0.05, 0.1) is 16.7 Å². The molecule has 4 rings (SSSR count). The van der Waals surface area contributed by atoms with Crippen LogP contribution in [0.5, 0.6) is 0 Å². The molecule has 0 amide bonds. The molecule has 0 atom stereocenters. The fraction of sp³-hybridized carbons (Fsp3) is 0. The van der Waals surface area contributed by atoms with Crippen molar-refractivity contribution in [3.63, 3.8) is 0 Å². The summed E-state index contributed by atoms with van der Waals surface area (Å²) in [6.07, 6.45) is 0. The highest BCUT2D eigenvalue weighted by atomic mass is 15.4. The fourth-order valence-corrected chi connectivity index (χ4v) is 2.54. The summed E-state index contributed by atoms with van der Waals surface area (Å²) in [5.74, 6) is 0.698. The number of para-hydroxylation sites is 3. The Morgan fingerprint density at radius 2 is 1.12 bits per heavy atom. The van der Waals surface area contributed by atoms with Crippen LogP contribution in [0.15, 0.2) is 84.9 Å². The van der Waals surface area contributed by atoms with Crippen molar-refractivity contribution in [2.45, 2.75) is 0 Å². The monoisotopic (exact) mass is 312 g/mol. The van der Waals surface area contributed by atoms with Crippen molar-refractivity contribution < 1.29 is 0 Å². The summed E-state index contributed by atoms with van der Waals surface area (Å²) in [6.45, 7) is 0. The lowest BCUT2D eigenvalue weighted by Crippen LogP contribution is -2.12. The van der Waals surface area contributed by atoms with Crippen LogP contribution in [0.1, 0.15) is 0 Å². The van der Waals surface area contributed by atoms with Crippen LogP contribution >= 0.6 is 0 Å². The lowest BCUT2D eigenvalue weighted by molar-refractivity contribution is 1.25. The summed E-state index contributed by atoms with van der Waals surface area (Å²) in [7, 11) is 0. The highest BCUT2D eigenvalue weighted by Crippen LogP contribution is 2.26. The molecule has 116 valence electrons. The summed E-state index contributed by atoms with van der Waals surface area (Å²) < 4.78 is 0. The van der Waals surface area contributed by atoms with Crippen molar-refractivity contribution in [1.82, 2.24) is 9.97 Å². The third kappa shape index (κ3) is 2.90. The van der Waals surface area contributed by atoms with E-state index in [0.717, 1.165) is 28.0 Å². The van der Waals surface area contributed by atoms with E-state index >= 15 is 0 Å². The molecule has 0 aliphatic rings. The molecule has 1 aromatic heterocycles. The lowest BCUT2D eigenvalue weighted by Gasteiger charge is -2.13. The van der Waals surface area contributed by atoms with E-state index in [4.69, 9.17) is 9.97 Å². The first-order chi connectivity index (χ1) is 11.9. The number of aromatic nitrogens is 2. The molecule has 0 spiro atoms. The fourth-order valence-electron chi connectivity index (χ4n) is 2.54. The summed E-state index contributed by atoms with van der Waals surface area (Å²) in [5, 5.41) is 0. The van der Waals surface area contributed by atoms with Crippen molar-refractivity contribution in [1.29, 1.82) is 0 Å². The normalized spacial score (nSPS) is 10.5. The van der Waals surface area contributed by atoms with Gasteiger partial charge >= 0.3 is 0 Å². The largest absolute Gasteiger partial charge is 0.300 e. The second-order valence-electron chi connectivity index (χ2n) is 5.39. The van der Waals surface area contributed by atoms with E-state index in [1.807, 2.05) is 84.9 Å². The number of anilines is 2. The van der Waals surface area contributed by atoms with Gasteiger partial charge in [-0.25, -0.2) is 9.97 Å². The minimum atomic E-state index is 0.698. The van der Waals surface area contributed by atoms with Gasteiger partial charge in [-0.15, -0.1) is 0 Å². The summed E-state index contributed by atoms with van der Waals surface area (Å²) in [6, 6.07) is 27.9. The van der Waals surface area contributed by atoms with E-state index in [-0.39, 0.29) is 0 Å². The van der Waals surface area contributed by atoms with Crippen LogP contribution < -0.4 is 10.9 Å². The Balaban J connectivity index is 1.77. The molecule has 0 aliphatic heterocycles. The zero-order chi connectivity index (χ0) is 16.2. The summed E-state index contributed by atoms with van der Waals surface area (Å²) in [5.41, 5.74) is 10.9. The van der Waals surface area contributed by atoms with Crippen LogP contribution in [0, 0.1) is 0 Å². The molecule has 0 fully saturated rings. The highest BCUT2D eigenvalue weighted by molar-refractivity contribution is 5.83. The zero-order valence-corrected chi connectivity index (χ0v) is 13.0. The standard InChI is InChI=1S/C20H16N4/c1-3-9-15(10-4-1)19-20(24-23-16-11-5-2-6-12-16)22-18-14-8-7-13-17(18)21-19/h1-14,23H,(H,22,24). The third-order valence-corrected chi connectivity index (χ3v) is 3.72. The van der Waals surface area contributed by atoms with Gasteiger partial charge in [0.1, 0.15) is 5.69 Å². The van der Waals surface area contributed by atoms with E-state index in [0.29, 0.717) is 5.82 Å². The van der Waals surface area contributed by atoms with Crippen LogP contribution in [-0.2, 0) is 0 Å². The topological polar surface area (TPSA) is 49.8 Å². The molecule has 1 heterocycles. The quantitative estimate of drug-likeness (QED) is 0.535. The van der Waals surface area contributed by atoms with E-state index < -0.39 is 0 Å². The van der Waals surface area contributed by atoms with Gasteiger partial charge in [-0.1, -0.05) is 60.7 Å². The van der Waals surface area contributed by atoms with Gasteiger partial charge in [-0.3, -0.25) is 10.9 Å². The number of benzene rings is 3. The lowest BCUT2D eigenvalue weighted by atomic mass is 10.1. The van der Waals surface area contributed by atoms with Crippen LogP contribution in [0.3, 0.4) is 0 Å². The van der Waals surface area contributed by atoms with Crippen LogP contribution in [-0.4, -0.2) is 9.97 Å². The Labute approximate surface area is 140 Å². The predicted octanol–water partition coefficient (Wildman–Crippen LogP) is 4.74. The SMILES string of the molecule is c1ccc(NNc2nc3ccccc3nc2-c2ccccc2)cc1. The second-order valence-corrected chi connectivity index (χ2v) is 5.39. The highest BCUT2D eigenvalue weighted by Gasteiger charge is 2.10. The Morgan fingerprint density at radius 3 is 1.83 bits per heavy atom. The Bertz CT molecular complexity index is 953. The molecule has 24 heavy (non-hydrogen) atoms. The molecule has 4 heteroatoms. The number of fused-ring (bicyclic) bond motifs is 1. The number of nitrogens with one attached hydrogen (secondary N) is 2. The van der Waals surface area contributed by atoms with Crippen molar-refractivity contribution in [3.05, 3.63) is 84.9 Å². The number of hydrazine groups is 1. The molecule has 2 N–H and O–H groups in total. The average Bonchev–Trinajstić information content (AvgIpc) is 2.67. The molecule has 0 aliphatic carbocycles. The molecule has 0 saturated carbocycles. The van der Waals surface area contributed by atoms with Gasteiger partial charge in [0.2, 0.25) is 0 Å². The van der Waals surface area contributed by atoms with Gasteiger partial charge in [-0.05, 0) is 24.3 Å². The van der Waals surface area contributed by atoms with Crippen molar-refractivity contribution >= 4 is 22.5 Å². The maximum absolute atomic E-state index is 4.79. The van der Waals surface area contributed by atoms with Gasteiger partial charge in [0.15, 0.2) is 5.82 Å². The number of hydrogen-bond acceptors (Lipinski definition) is 4. The van der Waals surface area contributed by atoms with Crippen LogP contribution in [0.25, 0.3) is 22.3 Å². The number of nitrogens with zero attached hydrogens (tertiary/aromatic N) is 2. The smallest absolute Gasteiger partial charge is 0.171 e. The Hall–Kier alpha value is -3.40. The van der Waals surface area contributed by atoms with Gasteiger partial charge in [-0.2, -0.15) is 0 Å². The number of rotatable bonds is 4. The van der Waals surface area contributed by atoms with E-state index in [9.17, 15) is 0 Å². The molecule has 0 radical (unpaired) electrons. The second kappa shape index (κ2) is 6.38. The van der Waals surface area contributed by atoms with E-state index in [1.54, 1.807) is 0 Å². The molecule has 4 nitrogen and oxygen atoms in total. The van der Waals surface area contributed by atoms with Gasteiger partial charge in [0, 0.05) is 5.56 Å². The Kier molecular flexibility index (Phi) is 3.78. The average molecular weight is 312 g/mol. The summed E-state index contributed by atoms with van der Waals surface area (Å²) >= 11 is 0. The number of hydrogen-bond donors (Lipinski definition) is 2. The predicted molar refractivity (Wildman–Crippen MR) is 98.7 cm³/mol. The maximum Gasteiger partial charge on any atom is 0.171 e. The first-order valence-corrected chi connectivity index (χ1v) is 7.79. The van der Waals surface area contributed by atoms with E-state index in [1.165, 1.54) is 0 Å². The Morgan fingerprint density at radius 1 is 0.542 bits per heavy atom.